The van der Waals surface area contributed by atoms with Gasteiger partial charge in [0, 0.05) is 0 Å². The molecule has 1 aliphatic carbocycles. The van der Waals surface area contributed by atoms with Crippen molar-refractivity contribution in [2.75, 3.05) is 6.61 Å². The second kappa shape index (κ2) is 6.15. The number of esters is 1. The third-order valence-electron chi connectivity index (χ3n) is 3.45. The Kier molecular flexibility index (Phi) is 4.49. The summed E-state index contributed by atoms with van der Waals surface area (Å²) in [5.74, 6) is -0.988. The van der Waals surface area contributed by atoms with Crippen molar-refractivity contribution < 1.29 is 14.3 Å². The van der Waals surface area contributed by atoms with E-state index in [4.69, 9.17) is 21.6 Å². The highest BCUT2D eigenvalue weighted by atomic mass is 35.5. The zero-order valence-electron chi connectivity index (χ0n) is 11.6. The minimum Gasteiger partial charge on any atom is -0.452 e. The van der Waals surface area contributed by atoms with Gasteiger partial charge < -0.3 is 10.1 Å². The van der Waals surface area contributed by atoms with Gasteiger partial charge in [-0.25, -0.2) is 4.79 Å². The maximum absolute atomic E-state index is 11.8. The molecule has 0 unspecified atom stereocenters. The molecule has 1 N–H and O–H groups in total. The molecule has 0 aromatic heterocycles. The molecule has 1 fully saturated rings. The number of amides is 1. The van der Waals surface area contributed by atoms with E-state index < -0.39 is 24.0 Å². The molecule has 6 heteroatoms. The third kappa shape index (κ3) is 3.73. The van der Waals surface area contributed by atoms with E-state index in [0.717, 1.165) is 12.8 Å². The van der Waals surface area contributed by atoms with E-state index in [2.05, 4.69) is 11.4 Å². The van der Waals surface area contributed by atoms with Gasteiger partial charge in [0.15, 0.2) is 6.61 Å². The number of nitrogens with zero attached hydrogens (tertiary/aromatic N) is 1. The van der Waals surface area contributed by atoms with Crippen LogP contribution in [0.3, 0.4) is 0 Å². The van der Waals surface area contributed by atoms with Crippen molar-refractivity contribution in [1.82, 2.24) is 5.32 Å². The Balaban J connectivity index is 1.88. The highest BCUT2D eigenvalue weighted by Crippen LogP contribution is 2.39. The Hall–Kier alpha value is -2.06. The number of benzene rings is 1. The van der Waals surface area contributed by atoms with Crippen LogP contribution in [0.1, 0.15) is 30.1 Å². The summed E-state index contributed by atoms with van der Waals surface area (Å²) in [6.45, 7) is 1.24. The molecule has 0 heterocycles. The zero-order chi connectivity index (χ0) is 15.5. The summed E-state index contributed by atoms with van der Waals surface area (Å²) in [6.07, 6.45) is 1.84. The average Bonchev–Trinajstić information content (AvgIpc) is 3.30. The molecule has 1 saturated carbocycles. The van der Waals surface area contributed by atoms with Crippen molar-refractivity contribution in [3.8, 4) is 6.07 Å². The van der Waals surface area contributed by atoms with Crippen molar-refractivity contribution in [2.24, 2.45) is 5.92 Å². The summed E-state index contributed by atoms with van der Waals surface area (Å²) in [6, 6.07) is 8.54. The van der Waals surface area contributed by atoms with E-state index in [0.29, 0.717) is 0 Å². The van der Waals surface area contributed by atoms with Crippen molar-refractivity contribution in [1.29, 1.82) is 5.26 Å². The molecule has 1 aromatic carbocycles. The molecule has 21 heavy (non-hydrogen) atoms. The number of carbonyl (C=O) groups is 2. The fourth-order valence-electron chi connectivity index (χ4n) is 2.04. The number of nitrogens with one attached hydrogen (secondary N) is 1. The Morgan fingerprint density at radius 1 is 1.48 bits per heavy atom. The second-order valence-corrected chi connectivity index (χ2v) is 5.60. The van der Waals surface area contributed by atoms with Gasteiger partial charge in [0.05, 0.1) is 16.7 Å². The van der Waals surface area contributed by atoms with Gasteiger partial charge in [-0.3, -0.25) is 4.79 Å². The van der Waals surface area contributed by atoms with Crippen LogP contribution >= 0.6 is 11.6 Å². The van der Waals surface area contributed by atoms with Gasteiger partial charge >= 0.3 is 5.97 Å². The maximum Gasteiger partial charge on any atom is 0.340 e. The molecule has 0 spiro atoms. The number of halogens is 1. The van der Waals surface area contributed by atoms with Gasteiger partial charge in [0.1, 0.15) is 5.54 Å². The van der Waals surface area contributed by atoms with Crippen LogP contribution in [0.5, 0.6) is 0 Å². The van der Waals surface area contributed by atoms with Crippen LogP contribution in [0, 0.1) is 17.2 Å². The van der Waals surface area contributed by atoms with Crippen LogP contribution in [0.4, 0.5) is 0 Å². The van der Waals surface area contributed by atoms with Crippen molar-refractivity contribution >= 4 is 23.5 Å². The normalized spacial score (nSPS) is 16.4. The summed E-state index contributed by atoms with van der Waals surface area (Å²) >= 11 is 5.87. The molecular formula is C15H15ClN2O3. The summed E-state index contributed by atoms with van der Waals surface area (Å²) in [4.78, 5) is 23.6. The standard InChI is InChI=1S/C15H15ClN2O3/c1-15(9-17,10-6-7-10)18-13(19)8-21-14(20)11-4-2-3-5-12(11)16/h2-5,10H,6-8H2,1H3,(H,18,19)/t15-/m0/s1. The number of rotatable bonds is 5. The lowest BCUT2D eigenvalue weighted by Crippen LogP contribution is -2.48. The first-order valence-corrected chi connectivity index (χ1v) is 6.98. The SMILES string of the molecule is C[C@@](C#N)(NC(=O)COC(=O)c1ccccc1Cl)C1CC1. The number of carbonyl (C=O) groups excluding carboxylic acids is 2. The third-order valence-corrected chi connectivity index (χ3v) is 3.78. The maximum atomic E-state index is 11.8. The van der Waals surface area contributed by atoms with Crippen LogP contribution in [0.2, 0.25) is 5.02 Å². The lowest BCUT2D eigenvalue weighted by atomic mass is 9.98. The molecule has 110 valence electrons. The smallest absolute Gasteiger partial charge is 0.340 e. The van der Waals surface area contributed by atoms with Crippen LogP contribution in [0.15, 0.2) is 24.3 Å². The summed E-state index contributed by atoms with van der Waals surface area (Å²) < 4.78 is 4.92. The number of nitriles is 1. The zero-order valence-corrected chi connectivity index (χ0v) is 12.3. The number of hydrogen-bond donors (Lipinski definition) is 1. The summed E-state index contributed by atoms with van der Waals surface area (Å²) in [5, 5.41) is 12.0. The fourth-order valence-corrected chi connectivity index (χ4v) is 2.26. The van der Waals surface area contributed by atoms with Gasteiger partial charge in [-0.2, -0.15) is 5.26 Å². The first kappa shape index (κ1) is 15.3. The Bertz CT molecular complexity index is 607. The first-order valence-electron chi connectivity index (χ1n) is 6.60. The van der Waals surface area contributed by atoms with E-state index >= 15 is 0 Å². The molecule has 1 aromatic rings. The van der Waals surface area contributed by atoms with Gasteiger partial charge in [-0.1, -0.05) is 23.7 Å². The van der Waals surface area contributed by atoms with Gasteiger partial charge in [-0.05, 0) is 37.8 Å². The van der Waals surface area contributed by atoms with Crippen LogP contribution in [-0.4, -0.2) is 24.0 Å². The van der Waals surface area contributed by atoms with Gasteiger partial charge in [-0.15, -0.1) is 0 Å². The van der Waals surface area contributed by atoms with Gasteiger partial charge in [0.25, 0.3) is 5.91 Å². The van der Waals surface area contributed by atoms with Crippen molar-refractivity contribution in [3.05, 3.63) is 34.9 Å². The minimum absolute atomic E-state index is 0.172. The molecule has 0 radical (unpaired) electrons. The summed E-state index contributed by atoms with van der Waals surface area (Å²) in [7, 11) is 0. The number of ether oxygens (including phenoxy) is 1. The molecule has 0 bridgehead atoms. The molecule has 1 amide bonds. The summed E-state index contributed by atoms with van der Waals surface area (Å²) in [5.41, 5.74) is -0.689. The van der Waals surface area contributed by atoms with E-state index in [9.17, 15) is 9.59 Å². The van der Waals surface area contributed by atoms with E-state index in [1.165, 1.54) is 6.07 Å². The lowest BCUT2D eigenvalue weighted by Gasteiger charge is -2.22. The van der Waals surface area contributed by atoms with Crippen molar-refractivity contribution in [3.63, 3.8) is 0 Å². The number of hydrogen-bond acceptors (Lipinski definition) is 4. The predicted octanol–water partition coefficient (Wildman–Crippen LogP) is 2.31. The van der Waals surface area contributed by atoms with Gasteiger partial charge in [0.2, 0.25) is 0 Å². The molecule has 1 aliphatic rings. The quantitative estimate of drug-likeness (QED) is 0.847. The monoisotopic (exact) mass is 306 g/mol. The molecule has 0 aliphatic heterocycles. The lowest BCUT2D eigenvalue weighted by molar-refractivity contribution is -0.125. The largest absolute Gasteiger partial charge is 0.452 e. The molecule has 2 rings (SSSR count). The predicted molar refractivity (Wildman–Crippen MR) is 76.6 cm³/mol. The molecular weight excluding hydrogens is 292 g/mol. The first-order chi connectivity index (χ1) is 9.96. The van der Waals surface area contributed by atoms with Crippen LogP contribution < -0.4 is 5.32 Å². The molecule has 0 saturated heterocycles. The van der Waals surface area contributed by atoms with Crippen molar-refractivity contribution in [2.45, 2.75) is 25.3 Å². The Labute approximate surface area is 127 Å². The Morgan fingerprint density at radius 2 is 2.14 bits per heavy atom. The van der Waals surface area contributed by atoms with Crippen LogP contribution in [0.25, 0.3) is 0 Å². The molecule has 1 atom stereocenters. The van der Waals surface area contributed by atoms with E-state index in [1.54, 1.807) is 25.1 Å². The highest BCUT2D eigenvalue weighted by Gasteiger charge is 2.43. The minimum atomic E-state index is -0.895. The fraction of sp³-hybridized carbons (Fsp3) is 0.400. The van der Waals surface area contributed by atoms with E-state index in [1.807, 2.05) is 0 Å². The Morgan fingerprint density at radius 3 is 2.71 bits per heavy atom. The second-order valence-electron chi connectivity index (χ2n) is 5.19. The molecule has 5 nitrogen and oxygen atoms in total. The highest BCUT2D eigenvalue weighted by molar-refractivity contribution is 6.33. The van der Waals surface area contributed by atoms with Crippen LogP contribution in [-0.2, 0) is 9.53 Å². The van der Waals surface area contributed by atoms with E-state index in [-0.39, 0.29) is 16.5 Å². The average molecular weight is 307 g/mol. The topological polar surface area (TPSA) is 79.2 Å².